The lowest BCUT2D eigenvalue weighted by molar-refractivity contribution is 0.857. The van der Waals surface area contributed by atoms with Crippen LogP contribution in [-0.2, 0) is 0 Å². The van der Waals surface area contributed by atoms with Crippen LogP contribution in [-0.4, -0.2) is 28.0 Å². The minimum Gasteiger partial charge on any atom is -0.326 e. The predicted octanol–water partition coefficient (Wildman–Crippen LogP) is 4.34. The number of aromatic nitrogens is 3. The number of benzene rings is 1. The molecule has 8 heteroatoms. The summed E-state index contributed by atoms with van der Waals surface area (Å²) in [6, 6.07) is 14.7. The van der Waals surface area contributed by atoms with Gasteiger partial charge in [-0.15, -0.1) is 11.3 Å². The van der Waals surface area contributed by atoms with E-state index in [1.165, 1.54) is 32.0 Å². The molecule has 0 unspecified atom stereocenters. The molecular weight excluding hydrogens is 408 g/mol. The van der Waals surface area contributed by atoms with Crippen molar-refractivity contribution in [2.24, 2.45) is 0 Å². The average molecular weight is 431 g/mol. The number of anilines is 2. The maximum Gasteiger partial charge on any atom is 0.249 e. The summed E-state index contributed by atoms with van der Waals surface area (Å²) in [4.78, 5) is 23.4. The number of pyridine rings is 2. The standard InChI is InChI=1S/C19H13N5OS.C4H9N/c1-11-6-17(24-18(25)7-11)23-16-8-14-15(10-21-16)26-19(22-14)13-4-2-12(9-20)3-5-13;1-2-4-5-3-1/h2-8,10H,1H3,(H2,21,23,24,25);5H,1-4H2. The largest absolute Gasteiger partial charge is 0.326 e. The minimum atomic E-state index is -0.162. The monoisotopic (exact) mass is 430 g/mol. The highest BCUT2D eigenvalue weighted by Gasteiger charge is 2.08. The maximum absolute atomic E-state index is 11.6. The van der Waals surface area contributed by atoms with Crippen LogP contribution in [0.2, 0.25) is 0 Å². The topological polar surface area (TPSA) is 106 Å². The van der Waals surface area contributed by atoms with Crippen molar-refractivity contribution in [3.63, 3.8) is 0 Å². The van der Waals surface area contributed by atoms with E-state index in [9.17, 15) is 4.79 Å². The fourth-order valence-electron chi connectivity index (χ4n) is 3.23. The molecule has 7 nitrogen and oxygen atoms in total. The normalized spacial score (nSPS) is 12.8. The summed E-state index contributed by atoms with van der Waals surface area (Å²) in [6.45, 7) is 4.36. The number of thiazole rings is 1. The van der Waals surface area contributed by atoms with E-state index in [0.717, 1.165) is 26.4 Å². The first-order chi connectivity index (χ1) is 15.1. The summed E-state index contributed by atoms with van der Waals surface area (Å²) < 4.78 is 0.965. The van der Waals surface area contributed by atoms with E-state index in [2.05, 4.69) is 31.7 Å². The molecule has 1 fully saturated rings. The fraction of sp³-hybridized carbons (Fsp3) is 0.217. The van der Waals surface area contributed by atoms with Gasteiger partial charge in [0.25, 0.3) is 0 Å². The molecule has 0 bridgehead atoms. The molecule has 0 spiro atoms. The predicted molar refractivity (Wildman–Crippen MR) is 125 cm³/mol. The van der Waals surface area contributed by atoms with Crippen molar-refractivity contribution in [2.75, 3.05) is 18.4 Å². The van der Waals surface area contributed by atoms with E-state index in [0.29, 0.717) is 17.2 Å². The number of nitrogens with one attached hydrogen (secondary N) is 3. The van der Waals surface area contributed by atoms with Crippen molar-refractivity contribution in [3.8, 4) is 16.6 Å². The molecule has 3 N–H and O–H groups in total. The van der Waals surface area contributed by atoms with Crippen molar-refractivity contribution in [3.05, 3.63) is 70.1 Å². The molecule has 31 heavy (non-hydrogen) atoms. The number of rotatable bonds is 3. The molecule has 1 aliphatic rings. The Labute approximate surface area is 183 Å². The summed E-state index contributed by atoms with van der Waals surface area (Å²) in [5.41, 5.74) is 3.11. The molecule has 0 amide bonds. The third kappa shape index (κ3) is 5.34. The molecule has 1 saturated heterocycles. The second kappa shape index (κ2) is 9.51. The highest BCUT2D eigenvalue weighted by Crippen LogP contribution is 2.31. The zero-order valence-electron chi connectivity index (χ0n) is 17.1. The van der Waals surface area contributed by atoms with E-state index in [-0.39, 0.29) is 5.56 Å². The maximum atomic E-state index is 11.6. The second-order valence-electron chi connectivity index (χ2n) is 7.26. The first-order valence-corrected chi connectivity index (χ1v) is 10.9. The summed E-state index contributed by atoms with van der Waals surface area (Å²) >= 11 is 1.54. The molecule has 4 aromatic rings. The van der Waals surface area contributed by atoms with Gasteiger partial charge in [-0.05, 0) is 56.6 Å². The fourth-order valence-corrected chi connectivity index (χ4v) is 4.15. The highest BCUT2D eigenvalue weighted by atomic mass is 32.1. The van der Waals surface area contributed by atoms with Crippen molar-refractivity contribution < 1.29 is 0 Å². The number of hydrogen-bond donors (Lipinski definition) is 3. The Morgan fingerprint density at radius 1 is 1.13 bits per heavy atom. The molecule has 4 heterocycles. The van der Waals surface area contributed by atoms with Crippen molar-refractivity contribution >= 4 is 33.2 Å². The van der Waals surface area contributed by atoms with Crippen molar-refractivity contribution in [1.82, 2.24) is 20.3 Å². The van der Waals surface area contributed by atoms with Gasteiger partial charge < -0.3 is 15.6 Å². The highest BCUT2D eigenvalue weighted by molar-refractivity contribution is 7.21. The molecule has 156 valence electrons. The minimum absolute atomic E-state index is 0.162. The lowest BCUT2D eigenvalue weighted by Gasteiger charge is -2.05. The van der Waals surface area contributed by atoms with Crippen LogP contribution in [0, 0.1) is 18.3 Å². The molecule has 0 radical (unpaired) electrons. The van der Waals surface area contributed by atoms with Gasteiger partial charge in [0.15, 0.2) is 0 Å². The number of aromatic amines is 1. The van der Waals surface area contributed by atoms with Crippen LogP contribution in [0.5, 0.6) is 0 Å². The van der Waals surface area contributed by atoms with Crippen LogP contribution in [0.3, 0.4) is 0 Å². The number of nitrogens with zero attached hydrogens (tertiary/aromatic N) is 3. The average Bonchev–Trinajstić information content (AvgIpc) is 3.46. The van der Waals surface area contributed by atoms with Gasteiger partial charge in [0.05, 0.1) is 21.8 Å². The smallest absolute Gasteiger partial charge is 0.249 e. The quantitative estimate of drug-likeness (QED) is 0.446. The Bertz CT molecular complexity index is 1270. The Hall–Kier alpha value is -3.54. The molecule has 5 rings (SSSR count). The molecule has 1 aromatic carbocycles. The Balaban J connectivity index is 0.000000407. The summed E-state index contributed by atoms with van der Waals surface area (Å²) in [7, 11) is 0. The van der Waals surface area contributed by atoms with E-state index in [1.54, 1.807) is 29.7 Å². The molecular formula is C23H22N6OS. The Kier molecular flexibility index (Phi) is 6.36. The van der Waals surface area contributed by atoms with Crippen LogP contribution in [0.4, 0.5) is 11.6 Å². The zero-order chi connectivity index (χ0) is 21.6. The number of aryl methyl sites for hydroxylation is 1. The van der Waals surface area contributed by atoms with Crippen molar-refractivity contribution in [2.45, 2.75) is 19.8 Å². The molecule has 0 aliphatic carbocycles. The number of hydrogen-bond acceptors (Lipinski definition) is 7. The van der Waals surface area contributed by atoms with Crippen LogP contribution < -0.4 is 16.2 Å². The zero-order valence-corrected chi connectivity index (χ0v) is 17.9. The van der Waals surface area contributed by atoms with Gasteiger partial charge in [-0.3, -0.25) is 4.79 Å². The molecule has 3 aromatic heterocycles. The number of nitriles is 1. The number of fused-ring (bicyclic) bond motifs is 1. The summed E-state index contributed by atoms with van der Waals surface area (Å²) in [5.74, 6) is 1.19. The Morgan fingerprint density at radius 3 is 2.55 bits per heavy atom. The lowest BCUT2D eigenvalue weighted by atomic mass is 10.1. The van der Waals surface area contributed by atoms with Crippen molar-refractivity contribution in [1.29, 1.82) is 5.26 Å². The van der Waals surface area contributed by atoms with Gasteiger partial charge in [-0.1, -0.05) is 12.1 Å². The van der Waals surface area contributed by atoms with Crippen LogP contribution >= 0.6 is 11.3 Å². The lowest BCUT2D eigenvalue weighted by Crippen LogP contribution is -2.08. The van der Waals surface area contributed by atoms with E-state index < -0.39 is 0 Å². The van der Waals surface area contributed by atoms with Crippen LogP contribution in [0.1, 0.15) is 24.0 Å². The first-order valence-electron chi connectivity index (χ1n) is 10.1. The van der Waals surface area contributed by atoms with E-state index in [1.807, 2.05) is 31.2 Å². The number of H-pyrrole nitrogens is 1. The first kappa shape index (κ1) is 20.7. The van der Waals surface area contributed by atoms with Gasteiger partial charge in [-0.2, -0.15) is 5.26 Å². The van der Waals surface area contributed by atoms with Gasteiger partial charge >= 0.3 is 0 Å². The molecule has 1 aliphatic heterocycles. The third-order valence-corrected chi connectivity index (χ3v) is 5.80. The SMILES string of the molecule is C1CCNC1.Cc1cc(Nc2cc3nc(-c4ccc(C#N)cc4)sc3cn2)[nH]c(=O)c1. The summed E-state index contributed by atoms with van der Waals surface area (Å²) in [6.07, 6.45) is 4.54. The summed E-state index contributed by atoms with van der Waals surface area (Å²) in [5, 5.41) is 16.1. The van der Waals surface area contributed by atoms with E-state index >= 15 is 0 Å². The van der Waals surface area contributed by atoms with Crippen LogP contribution in [0.25, 0.3) is 20.8 Å². The second-order valence-corrected chi connectivity index (χ2v) is 8.29. The van der Waals surface area contributed by atoms with E-state index in [4.69, 9.17) is 5.26 Å². The Morgan fingerprint density at radius 2 is 1.90 bits per heavy atom. The van der Waals surface area contributed by atoms with Gasteiger partial charge in [0.2, 0.25) is 5.56 Å². The van der Waals surface area contributed by atoms with Gasteiger partial charge in [0.1, 0.15) is 16.6 Å². The van der Waals surface area contributed by atoms with Gasteiger partial charge in [-0.25, -0.2) is 9.97 Å². The van der Waals surface area contributed by atoms with Crippen LogP contribution in [0.15, 0.2) is 53.5 Å². The van der Waals surface area contributed by atoms with Gasteiger partial charge in [0, 0.05) is 23.9 Å². The molecule has 0 saturated carbocycles. The third-order valence-electron chi connectivity index (χ3n) is 4.74. The molecule has 0 atom stereocenters.